The molecule has 5 nitrogen and oxygen atoms in total. The molecule has 0 radical (unpaired) electrons. The molecule has 2 aromatic carbocycles. The van der Waals surface area contributed by atoms with Crippen LogP contribution < -0.4 is 10.1 Å². The molecule has 0 fully saturated rings. The largest absolute Gasteiger partial charge is 0.489 e. The van der Waals surface area contributed by atoms with Crippen LogP contribution >= 0.6 is 11.3 Å². The van der Waals surface area contributed by atoms with E-state index in [9.17, 15) is 4.79 Å². The first-order chi connectivity index (χ1) is 12.2. The smallest absolute Gasteiger partial charge is 0.250 e. The number of hydrogen-bond acceptors (Lipinski definition) is 5. The molecule has 0 aliphatic carbocycles. The summed E-state index contributed by atoms with van der Waals surface area (Å²) in [5, 5.41) is 11.7. The van der Waals surface area contributed by atoms with Crippen molar-refractivity contribution in [2.75, 3.05) is 5.32 Å². The Balaban J connectivity index is 1.52. The van der Waals surface area contributed by atoms with Gasteiger partial charge < -0.3 is 4.74 Å². The summed E-state index contributed by atoms with van der Waals surface area (Å²) in [6, 6.07) is 17.6. The Bertz CT molecular complexity index is 858. The lowest BCUT2D eigenvalue weighted by atomic mass is 10.2. The molecule has 0 atom stereocenters. The van der Waals surface area contributed by atoms with Crippen LogP contribution in [0.4, 0.5) is 5.13 Å². The summed E-state index contributed by atoms with van der Waals surface area (Å²) in [4.78, 5) is 11.8. The van der Waals surface area contributed by atoms with Crippen molar-refractivity contribution < 1.29 is 9.53 Å². The van der Waals surface area contributed by atoms with Gasteiger partial charge in [-0.3, -0.25) is 10.1 Å². The highest BCUT2D eigenvalue weighted by Crippen LogP contribution is 2.16. The van der Waals surface area contributed by atoms with Crippen molar-refractivity contribution in [3.8, 4) is 5.75 Å². The minimum absolute atomic E-state index is 0.236. The van der Waals surface area contributed by atoms with Crippen LogP contribution in [0.2, 0.25) is 0 Å². The number of nitrogens with one attached hydrogen (secondary N) is 1. The van der Waals surface area contributed by atoms with Gasteiger partial charge in [-0.15, -0.1) is 10.2 Å². The van der Waals surface area contributed by atoms with E-state index in [2.05, 4.69) is 15.5 Å². The van der Waals surface area contributed by atoms with Crippen LogP contribution in [0.1, 0.15) is 16.1 Å². The summed E-state index contributed by atoms with van der Waals surface area (Å²) in [6.45, 7) is 2.37. The number of benzene rings is 2. The van der Waals surface area contributed by atoms with Crippen molar-refractivity contribution in [1.29, 1.82) is 0 Å². The molecule has 0 saturated heterocycles. The maximum Gasteiger partial charge on any atom is 0.250 e. The number of aryl methyl sites for hydroxylation is 1. The lowest BCUT2D eigenvalue weighted by Gasteiger charge is -2.06. The fraction of sp³-hybridized carbons (Fsp3) is 0.105. The molecule has 0 aliphatic rings. The number of carbonyl (C=O) groups is 1. The number of rotatable bonds is 6. The maximum atomic E-state index is 11.8. The van der Waals surface area contributed by atoms with E-state index in [0.29, 0.717) is 11.7 Å². The van der Waals surface area contributed by atoms with E-state index >= 15 is 0 Å². The Kier molecular flexibility index (Phi) is 5.53. The van der Waals surface area contributed by atoms with Gasteiger partial charge in [-0.1, -0.05) is 53.8 Å². The van der Waals surface area contributed by atoms with Gasteiger partial charge in [-0.2, -0.15) is 0 Å². The van der Waals surface area contributed by atoms with E-state index in [0.717, 1.165) is 21.9 Å². The van der Waals surface area contributed by atoms with Crippen LogP contribution in [-0.4, -0.2) is 16.1 Å². The summed E-state index contributed by atoms with van der Waals surface area (Å²) in [6.07, 6.45) is 3.21. The molecule has 1 heterocycles. The highest BCUT2D eigenvalue weighted by molar-refractivity contribution is 7.15. The van der Waals surface area contributed by atoms with Crippen LogP contribution in [0.3, 0.4) is 0 Å². The van der Waals surface area contributed by atoms with E-state index in [-0.39, 0.29) is 5.91 Å². The van der Waals surface area contributed by atoms with E-state index in [4.69, 9.17) is 4.74 Å². The second kappa shape index (κ2) is 8.21. The molecular weight excluding hydrogens is 334 g/mol. The number of aromatic nitrogens is 2. The third kappa shape index (κ3) is 5.26. The summed E-state index contributed by atoms with van der Waals surface area (Å²) in [5.74, 6) is 0.551. The Hall–Kier alpha value is -2.99. The maximum absolute atomic E-state index is 11.8. The summed E-state index contributed by atoms with van der Waals surface area (Å²) in [7, 11) is 0. The predicted molar refractivity (Wildman–Crippen MR) is 99.5 cm³/mol. The van der Waals surface area contributed by atoms with Crippen molar-refractivity contribution in [2.45, 2.75) is 13.5 Å². The average molecular weight is 351 g/mol. The Morgan fingerprint density at radius 1 is 1.12 bits per heavy atom. The second-order valence-corrected chi connectivity index (χ2v) is 6.47. The third-order valence-electron chi connectivity index (χ3n) is 3.31. The molecule has 0 aliphatic heterocycles. The Labute approximate surface area is 150 Å². The van der Waals surface area contributed by atoms with Gasteiger partial charge in [0.25, 0.3) is 0 Å². The second-order valence-electron chi connectivity index (χ2n) is 5.29. The van der Waals surface area contributed by atoms with Crippen LogP contribution in [0.15, 0.2) is 60.7 Å². The molecule has 0 spiro atoms. The van der Waals surface area contributed by atoms with Gasteiger partial charge >= 0.3 is 0 Å². The quantitative estimate of drug-likeness (QED) is 0.680. The molecule has 3 rings (SSSR count). The minimum atomic E-state index is -0.236. The molecule has 0 unspecified atom stereocenters. The molecule has 1 amide bonds. The molecule has 0 saturated carbocycles. The number of hydrogen-bond donors (Lipinski definition) is 1. The lowest BCUT2D eigenvalue weighted by molar-refractivity contribution is -0.111. The first-order valence-corrected chi connectivity index (χ1v) is 8.57. The average Bonchev–Trinajstić information content (AvgIpc) is 3.04. The number of amides is 1. The zero-order valence-electron chi connectivity index (χ0n) is 13.7. The minimum Gasteiger partial charge on any atom is -0.489 e. The summed E-state index contributed by atoms with van der Waals surface area (Å²) in [5.41, 5.74) is 2.03. The van der Waals surface area contributed by atoms with Gasteiger partial charge in [0.1, 0.15) is 17.4 Å². The molecule has 1 aromatic heterocycles. The molecule has 3 aromatic rings. The number of ether oxygens (including phenoxy) is 1. The molecular formula is C19H17N3O2S. The number of carbonyl (C=O) groups excluding carboxylic acids is 1. The van der Waals surface area contributed by atoms with Gasteiger partial charge in [0.2, 0.25) is 11.0 Å². The highest BCUT2D eigenvalue weighted by atomic mass is 32.1. The zero-order chi connectivity index (χ0) is 17.5. The van der Waals surface area contributed by atoms with Gasteiger partial charge in [0.05, 0.1) is 0 Å². The zero-order valence-corrected chi connectivity index (χ0v) is 14.5. The normalized spacial score (nSPS) is 10.8. The Morgan fingerprint density at radius 2 is 1.88 bits per heavy atom. The highest BCUT2D eigenvalue weighted by Gasteiger charge is 2.03. The predicted octanol–water partition coefficient (Wildman–Crippen LogP) is 4.08. The first kappa shape index (κ1) is 16.9. The van der Waals surface area contributed by atoms with Crippen molar-refractivity contribution in [3.63, 3.8) is 0 Å². The molecule has 6 heteroatoms. The van der Waals surface area contributed by atoms with Crippen molar-refractivity contribution in [2.24, 2.45) is 0 Å². The fourth-order valence-electron chi connectivity index (χ4n) is 2.08. The van der Waals surface area contributed by atoms with Crippen LogP contribution in [0.5, 0.6) is 5.75 Å². The Morgan fingerprint density at radius 3 is 2.56 bits per heavy atom. The van der Waals surface area contributed by atoms with E-state index in [1.165, 1.54) is 17.4 Å². The van der Waals surface area contributed by atoms with Gasteiger partial charge in [0, 0.05) is 6.08 Å². The monoisotopic (exact) mass is 351 g/mol. The molecule has 126 valence electrons. The van der Waals surface area contributed by atoms with E-state index in [1.807, 2.05) is 61.5 Å². The lowest BCUT2D eigenvalue weighted by Crippen LogP contribution is -2.07. The van der Waals surface area contributed by atoms with Crippen molar-refractivity contribution in [3.05, 3.63) is 76.8 Å². The van der Waals surface area contributed by atoms with E-state index < -0.39 is 0 Å². The van der Waals surface area contributed by atoms with Gasteiger partial charge in [0.15, 0.2) is 0 Å². The van der Waals surface area contributed by atoms with Crippen LogP contribution in [0, 0.1) is 6.92 Å². The van der Waals surface area contributed by atoms with Gasteiger partial charge in [-0.05, 0) is 36.3 Å². The summed E-state index contributed by atoms with van der Waals surface area (Å²) >= 11 is 1.34. The van der Waals surface area contributed by atoms with Crippen molar-refractivity contribution >= 4 is 28.5 Å². The molecule has 1 N–H and O–H groups in total. The van der Waals surface area contributed by atoms with Gasteiger partial charge in [-0.25, -0.2) is 0 Å². The molecule has 25 heavy (non-hydrogen) atoms. The van der Waals surface area contributed by atoms with Crippen LogP contribution in [-0.2, 0) is 11.4 Å². The SMILES string of the molecule is Cc1nnc(NC(=O)C=Cc2ccc(OCc3ccccc3)cc2)s1. The standard InChI is InChI=1S/C19H17N3O2S/c1-14-21-22-19(25-14)20-18(23)12-9-15-7-10-17(11-8-15)24-13-16-5-3-2-4-6-16/h2-12H,13H2,1H3,(H,20,22,23). The number of nitrogens with zero attached hydrogens (tertiary/aromatic N) is 2. The van der Waals surface area contributed by atoms with Crippen molar-refractivity contribution in [1.82, 2.24) is 10.2 Å². The van der Waals surface area contributed by atoms with E-state index in [1.54, 1.807) is 6.08 Å². The summed E-state index contributed by atoms with van der Waals surface area (Å²) < 4.78 is 5.74. The van der Waals surface area contributed by atoms with Crippen LogP contribution in [0.25, 0.3) is 6.08 Å². The fourth-order valence-corrected chi connectivity index (χ4v) is 2.68. The number of anilines is 1. The topological polar surface area (TPSA) is 64.1 Å². The third-order valence-corrected chi connectivity index (χ3v) is 4.07. The molecule has 0 bridgehead atoms. The first-order valence-electron chi connectivity index (χ1n) is 7.75.